The van der Waals surface area contributed by atoms with E-state index in [2.05, 4.69) is 5.32 Å². The Morgan fingerprint density at radius 2 is 1.57 bits per heavy atom. The van der Waals surface area contributed by atoms with Gasteiger partial charge in [0.25, 0.3) is 0 Å². The number of hydrogen-bond acceptors (Lipinski definition) is 7. The number of amides is 2. The van der Waals surface area contributed by atoms with Gasteiger partial charge in [0.05, 0.1) is 6.04 Å². The number of nitrogens with zero attached hydrogens (tertiary/aromatic N) is 2. The van der Waals surface area contributed by atoms with Crippen LogP contribution in [0.25, 0.3) is 0 Å². The monoisotopic (exact) mass is 649 g/mol. The third kappa shape index (κ3) is 11.1. The van der Waals surface area contributed by atoms with Crippen molar-refractivity contribution in [3.8, 4) is 0 Å². The van der Waals surface area contributed by atoms with E-state index in [1.165, 1.54) is 0 Å². The van der Waals surface area contributed by atoms with E-state index in [4.69, 9.17) is 9.47 Å². The second kappa shape index (κ2) is 16.8. The van der Waals surface area contributed by atoms with E-state index in [0.717, 1.165) is 42.4 Å². The molecule has 4 rings (SSSR count). The summed E-state index contributed by atoms with van der Waals surface area (Å²) in [6.45, 7) is 8.42. The minimum atomic E-state index is -1.00. The number of nitrogens with one attached hydrogen (secondary N) is 1. The normalized spacial score (nSPS) is 16.6. The second-order valence-corrected chi connectivity index (χ2v) is 13.9. The number of hydrogen-bond donors (Lipinski definition) is 2. The molecule has 2 amide bonds. The van der Waals surface area contributed by atoms with E-state index in [1.54, 1.807) is 37.5 Å². The van der Waals surface area contributed by atoms with Gasteiger partial charge in [0, 0.05) is 19.1 Å². The molecule has 2 aromatic carbocycles. The summed E-state index contributed by atoms with van der Waals surface area (Å²) < 4.78 is 11.0. The highest BCUT2D eigenvalue weighted by Gasteiger charge is 2.35. The summed E-state index contributed by atoms with van der Waals surface area (Å²) in [7, 11) is 0. The average Bonchev–Trinajstić information content (AvgIpc) is 3.47. The molecule has 0 spiro atoms. The zero-order valence-electron chi connectivity index (χ0n) is 28.3. The van der Waals surface area contributed by atoms with Crippen LogP contribution in [0.1, 0.15) is 82.9 Å². The van der Waals surface area contributed by atoms with Gasteiger partial charge in [-0.2, -0.15) is 0 Å². The van der Waals surface area contributed by atoms with E-state index >= 15 is 0 Å². The van der Waals surface area contributed by atoms with Gasteiger partial charge in [0.2, 0.25) is 5.91 Å². The van der Waals surface area contributed by atoms with Crippen molar-refractivity contribution in [1.29, 1.82) is 0 Å². The molecule has 0 unspecified atom stereocenters. The van der Waals surface area contributed by atoms with Crippen LogP contribution in [0.4, 0.5) is 4.79 Å². The molecule has 47 heavy (non-hydrogen) atoms. The Hall–Kier alpha value is -3.92. The first-order valence-electron chi connectivity index (χ1n) is 16.9. The van der Waals surface area contributed by atoms with Gasteiger partial charge in [-0.25, -0.2) is 4.79 Å². The fraction of sp³-hybridized carbons (Fsp3) is 0.568. The molecular weight excluding hydrogens is 598 g/mol. The second-order valence-electron chi connectivity index (χ2n) is 13.9. The SMILES string of the molecule is C[C@H](N[C@@H](CCCCC1CCN(C(=O)OCc2ccccc2)CC1)C(=O)O)C(=O)N(CC(=O)OC(C)(C)C)C1Cc2ccccc2C1. The maximum atomic E-state index is 13.8. The minimum absolute atomic E-state index is 0.192. The van der Waals surface area contributed by atoms with Crippen molar-refractivity contribution in [1.82, 2.24) is 15.1 Å². The Balaban J connectivity index is 1.23. The van der Waals surface area contributed by atoms with Gasteiger partial charge in [-0.1, -0.05) is 73.9 Å². The Morgan fingerprint density at radius 1 is 0.957 bits per heavy atom. The maximum Gasteiger partial charge on any atom is 0.410 e. The number of esters is 1. The number of benzene rings is 2. The smallest absolute Gasteiger partial charge is 0.410 e. The Labute approximate surface area is 278 Å². The number of unbranched alkanes of at least 4 members (excludes halogenated alkanes) is 1. The number of aliphatic carboxylic acids is 1. The number of carboxylic acid groups (broad SMARTS) is 1. The van der Waals surface area contributed by atoms with Crippen LogP contribution in [0, 0.1) is 5.92 Å². The van der Waals surface area contributed by atoms with E-state index in [-0.39, 0.29) is 31.2 Å². The van der Waals surface area contributed by atoms with Crippen molar-refractivity contribution in [3.05, 3.63) is 71.3 Å². The molecule has 1 aliphatic heterocycles. The molecule has 2 aromatic rings. The summed E-state index contributed by atoms with van der Waals surface area (Å²) in [6, 6.07) is 15.7. The fourth-order valence-corrected chi connectivity index (χ4v) is 6.55. The molecule has 0 aromatic heterocycles. The zero-order chi connectivity index (χ0) is 34.0. The summed E-state index contributed by atoms with van der Waals surface area (Å²) >= 11 is 0. The third-order valence-corrected chi connectivity index (χ3v) is 9.03. The molecular formula is C37H51N3O7. The highest BCUT2D eigenvalue weighted by Crippen LogP contribution is 2.27. The molecule has 1 fully saturated rings. The third-order valence-electron chi connectivity index (χ3n) is 9.03. The summed E-state index contributed by atoms with van der Waals surface area (Å²) in [4.78, 5) is 54.6. The largest absolute Gasteiger partial charge is 0.480 e. The molecule has 256 valence electrons. The van der Waals surface area contributed by atoms with E-state index in [9.17, 15) is 24.3 Å². The predicted molar refractivity (Wildman–Crippen MR) is 179 cm³/mol. The maximum absolute atomic E-state index is 13.8. The Kier molecular flexibility index (Phi) is 12.8. The zero-order valence-corrected chi connectivity index (χ0v) is 28.3. The van der Waals surface area contributed by atoms with Crippen LogP contribution in [-0.2, 0) is 43.3 Å². The van der Waals surface area contributed by atoms with Gasteiger partial charge in [-0.05, 0) is 82.4 Å². The van der Waals surface area contributed by atoms with E-state index < -0.39 is 29.6 Å². The number of rotatable bonds is 14. The predicted octanol–water partition coefficient (Wildman–Crippen LogP) is 5.36. The summed E-state index contributed by atoms with van der Waals surface area (Å²) in [5.41, 5.74) is 2.57. The quantitative estimate of drug-likeness (QED) is 0.207. The van der Waals surface area contributed by atoms with Crippen LogP contribution in [0.15, 0.2) is 54.6 Å². The van der Waals surface area contributed by atoms with Crippen molar-refractivity contribution in [2.45, 2.75) is 109 Å². The highest BCUT2D eigenvalue weighted by molar-refractivity contribution is 5.87. The first-order valence-corrected chi connectivity index (χ1v) is 16.9. The topological polar surface area (TPSA) is 125 Å². The average molecular weight is 650 g/mol. The Bertz CT molecular complexity index is 1330. The van der Waals surface area contributed by atoms with Crippen molar-refractivity contribution in [2.24, 2.45) is 5.92 Å². The van der Waals surface area contributed by atoms with Crippen molar-refractivity contribution < 1.29 is 33.8 Å². The number of carbonyl (C=O) groups is 4. The molecule has 2 N–H and O–H groups in total. The van der Waals surface area contributed by atoms with Crippen LogP contribution < -0.4 is 5.32 Å². The van der Waals surface area contributed by atoms with Gasteiger partial charge >= 0.3 is 18.0 Å². The number of fused-ring (bicyclic) bond motifs is 1. The molecule has 0 saturated carbocycles. The van der Waals surface area contributed by atoms with E-state index in [0.29, 0.717) is 44.7 Å². The van der Waals surface area contributed by atoms with Gasteiger partial charge < -0.3 is 24.4 Å². The van der Waals surface area contributed by atoms with Crippen molar-refractivity contribution >= 4 is 23.9 Å². The lowest BCUT2D eigenvalue weighted by Gasteiger charge is -2.33. The lowest BCUT2D eigenvalue weighted by atomic mass is 9.91. The number of likely N-dealkylation sites (tertiary alicyclic amines) is 1. The van der Waals surface area contributed by atoms with Gasteiger partial charge in [-0.15, -0.1) is 0 Å². The summed E-state index contributed by atoms with van der Waals surface area (Å²) in [5, 5.41) is 13.0. The standard InChI is InChI=1S/C37H51N3O7/c1-26(34(42)40(24-33(41)47-37(2,3)4)31-22-29-15-9-10-16-30(29)23-31)38-32(35(43)44)17-11-8-12-27-18-20-39(21-19-27)36(45)46-25-28-13-6-5-7-14-28/h5-7,9-10,13-16,26-27,31-32,38H,8,11-12,17-25H2,1-4H3,(H,43,44)/t26-,32-/m0/s1. The number of carbonyl (C=O) groups excluding carboxylic acids is 3. The van der Waals surface area contributed by atoms with Crippen LogP contribution in [0.5, 0.6) is 0 Å². The molecule has 2 aliphatic rings. The highest BCUT2D eigenvalue weighted by atomic mass is 16.6. The fourth-order valence-electron chi connectivity index (χ4n) is 6.55. The first kappa shape index (κ1) is 35.9. The number of ether oxygens (including phenoxy) is 2. The van der Waals surface area contributed by atoms with Gasteiger partial charge in [0.15, 0.2) is 0 Å². The van der Waals surface area contributed by atoms with Gasteiger partial charge in [0.1, 0.15) is 24.8 Å². The number of carboxylic acids is 1. The van der Waals surface area contributed by atoms with Crippen LogP contribution in [0.2, 0.25) is 0 Å². The van der Waals surface area contributed by atoms with Gasteiger partial charge in [-0.3, -0.25) is 19.7 Å². The molecule has 0 radical (unpaired) electrons. The van der Waals surface area contributed by atoms with E-state index in [1.807, 2.05) is 54.6 Å². The molecule has 1 saturated heterocycles. The van der Waals surface area contributed by atoms with Crippen molar-refractivity contribution in [2.75, 3.05) is 19.6 Å². The van der Waals surface area contributed by atoms with Crippen molar-refractivity contribution in [3.63, 3.8) is 0 Å². The molecule has 1 heterocycles. The molecule has 2 atom stereocenters. The first-order chi connectivity index (χ1) is 22.4. The molecule has 10 nitrogen and oxygen atoms in total. The molecule has 10 heteroatoms. The van der Waals surface area contributed by atoms with Crippen LogP contribution in [0.3, 0.4) is 0 Å². The summed E-state index contributed by atoms with van der Waals surface area (Å²) in [5.74, 6) is -1.33. The summed E-state index contributed by atoms with van der Waals surface area (Å²) in [6.07, 6.45) is 5.68. The lowest BCUT2D eigenvalue weighted by molar-refractivity contribution is -0.160. The molecule has 1 aliphatic carbocycles. The van der Waals surface area contributed by atoms with Crippen LogP contribution in [-0.4, -0.2) is 82.2 Å². The Morgan fingerprint density at radius 3 is 2.17 bits per heavy atom. The van der Waals surface area contributed by atoms with Crippen LogP contribution >= 0.6 is 0 Å². The molecule has 0 bridgehead atoms. The number of piperidine rings is 1. The lowest BCUT2D eigenvalue weighted by Crippen LogP contribution is -2.55. The minimum Gasteiger partial charge on any atom is -0.480 e.